The summed E-state index contributed by atoms with van der Waals surface area (Å²) in [4.78, 5) is 10.4. The third-order valence-corrected chi connectivity index (χ3v) is 3.78. The monoisotopic (exact) mass is 344 g/mol. The smallest absolute Gasteiger partial charge is 0.151 e. The summed E-state index contributed by atoms with van der Waals surface area (Å²) in [5, 5.41) is 0.479. The van der Waals surface area contributed by atoms with E-state index in [9.17, 15) is 4.79 Å². The van der Waals surface area contributed by atoms with Gasteiger partial charge in [0.25, 0.3) is 0 Å². The summed E-state index contributed by atoms with van der Waals surface area (Å²) in [6.07, 6.45) is 0.747. The molecule has 0 aliphatic carbocycles. The summed E-state index contributed by atoms with van der Waals surface area (Å²) < 4.78 is 1.89. The molecule has 0 heterocycles. The van der Waals surface area contributed by atoms with Gasteiger partial charge in [0.1, 0.15) is 0 Å². The fourth-order valence-corrected chi connectivity index (χ4v) is 1.80. The molecular weight excluding hydrogens is 342 g/mol. The fourth-order valence-electron chi connectivity index (χ4n) is 0.628. The molecule has 1 rings (SSSR count). The molecule has 58 valence electrons. The second-order valence-corrected chi connectivity index (χ2v) is 4.33. The largest absolute Gasteiger partial charge is 0.298 e. The van der Waals surface area contributed by atoms with E-state index in [0.29, 0.717) is 10.6 Å². The van der Waals surface area contributed by atoms with Crippen LogP contribution in [0.25, 0.3) is 0 Å². The summed E-state index contributed by atoms with van der Waals surface area (Å²) in [6.45, 7) is 0. The molecule has 1 aromatic rings. The molecule has 0 unspecified atom stereocenters. The molecule has 0 N–H and O–H groups in total. The molecule has 0 amide bonds. The van der Waals surface area contributed by atoms with E-state index in [1.807, 2.05) is 0 Å². The SMILES string of the molecule is O=Cc1cc(I)c(Br)cc1Cl. The van der Waals surface area contributed by atoms with Gasteiger partial charge >= 0.3 is 0 Å². The van der Waals surface area contributed by atoms with Gasteiger partial charge in [0.15, 0.2) is 6.29 Å². The lowest BCUT2D eigenvalue weighted by Crippen LogP contribution is -1.84. The molecule has 0 fully saturated rings. The van der Waals surface area contributed by atoms with Gasteiger partial charge in [-0.25, -0.2) is 0 Å². The van der Waals surface area contributed by atoms with Crippen molar-refractivity contribution in [2.45, 2.75) is 0 Å². The maximum Gasteiger partial charge on any atom is 0.151 e. The first-order chi connectivity index (χ1) is 5.15. The molecule has 0 saturated heterocycles. The van der Waals surface area contributed by atoms with Crippen LogP contribution in [0.3, 0.4) is 0 Å². The van der Waals surface area contributed by atoms with Crippen LogP contribution in [0.1, 0.15) is 10.4 Å². The number of hydrogen-bond donors (Lipinski definition) is 0. The Hall–Kier alpha value is 0.390. The quantitative estimate of drug-likeness (QED) is 0.432. The van der Waals surface area contributed by atoms with Crippen LogP contribution in [0.2, 0.25) is 5.02 Å². The number of carbonyl (C=O) groups is 1. The van der Waals surface area contributed by atoms with Gasteiger partial charge in [0.05, 0.1) is 5.02 Å². The minimum Gasteiger partial charge on any atom is -0.298 e. The van der Waals surface area contributed by atoms with E-state index < -0.39 is 0 Å². The topological polar surface area (TPSA) is 17.1 Å². The molecule has 0 bridgehead atoms. The highest BCUT2D eigenvalue weighted by Crippen LogP contribution is 2.25. The molecule has 0 spiro atoms. The summed E-state index contributed by atoms with van der Waals surface area (Å²) in [7, 11) is 0. The van der Waals surface area contributed by atoms with E-state index in [0.717, 1.165) is 14.3 Å². The van der Waals surface area contributed by atoms with Crippen molar-refractivity contribution in [3.8, 4) is 0 Å². The van der Waals surface area contributed by atoms with Crippen LogP contribution >= 0.6 is 50.1 Å². The standard InChI is InChI=1S/C7H3BrClIO/c8-5-2-6(9)4(3-11)1-7(5)10/h1-3H. The molecule has 0 aromatic heterocycles. The first-order valence-corrected chi connectivity index (χ1v) is 5.00. The van der Waals surface area contributed by atoms with Gasteiger partial charge in [0, 0.05) is 13.6 Å². The van der Waals surface area contributed by atoms with Gasteiger partial charge in [0.2, 0.25) is 0 Å². The minimum atomic E-state index is 0.479. The average molecular weight is 345 g/mol. The van der Waals surface area contributed by atoms with Crippen LogP contribution in [0.5, 0.6) is 0 Å². The van der Waals surface area contributed by atoms with Gasteiger partial charge < -0.3 is 0 Å². The Morgan fingerprint density at radius 2 is 2.18 bits per heavy atom. The van der Waals surface area contributed by atoms with Crippen molar-refractivity contribution in [3.05, 3.63) is 30.8 Å². The predicted molar refractivity (Wildman–Crippen MR) is 57.3 cm³/mol. The van der Waals surface area contributed by atoms with Gasteiger partial charge in [-0.05, 0) is 50.7 Å². The molecule has 1 nitrogen and oxygen atoms in total. The number of hydrogen-bond acceptors (Lipinski definition) is 1. The third-order valence-electron chi connectivity index (χ3n) is 1.17. The number of halogens is 3. The lowest BCUT2D eigenvalue weighted by molar-refractivity contribution is 0.112. The van der Waals surface area contributed by atoms with Crippen molar-refractivity contribution in [1.82, 2.24) is 0 Å². The Bertz CT molecular complexity index is 301. The van der Waals surface area contributed by atoms with Crippen LogP contribution in [0.15, 0.2) is 16.6 Å². The van der Waals surface area contributed by atoms with Crippen molar-refractivity contribution in [1.29, 1.82) is 0 Å². The van der Waals surface area contributed by atoms with E-state index >= 15 is 0 Å². The highest BCUT2D eigenvalue weighted by molar-refractivity contribution is 14.1. The van der Waals surface area contributed by atoms with Crippen molar-refractivity contribution in [2.75, 3.05) is 0 Å². The highest BCUT2D eigenvalue weighted by Gasteiger charge is 2.02. The number of benzene rings is 1. The first kappa shape index (κ1) is 9.48. The van der Waals surface area contributed by atoms with Gasteiger partial charge in [-0.2, -0.15) is 0 Å². The maximum absolute atomic E-state index is 10.4. The molecule has 0 aliphatic heterocycles. The number of carbonyl (C=O) groups excluding carboxylic acids is 1. The van der Waals surface area contributed by atoms with Crippen LogP contribution in [-0.2, 0) is 0 Å². The summed E-state index contributed by atoms with van der Waals surface area (Å²) in [6, 6.07) is 3.45. The predicted octanol–water partition coefficient (Wildman–Crippen LogP) is 3.52. The zero-order chi connectivity index (χ0) is 8.43. The molecule has 4 heteroatoms. The van der Waals surface area contributed by atoms with E-state index in [1.165, 1.54) is 0 Å². The molecule has 0 radical (unpaired) electrons. The lowest BCUT2D eigenvalue weighted by Gasteiger charge is -1.99. The second-order valence-electron chi connectivity index (χ2n) is 1.91. The number of aldehydes is 1. The molecule has 0 atom stereocenters. The van der Waals surface area contributed by atoms with Gasteiger partial charge in [-0.15, -0.1) is 0 Å². The minimum absolute atomic E-state index is 0.479. The third kappa shape index (κ3) is 2.16. The van der Waals surface area contributed by atoms with Crippen molar-refractivity contribution >= 4 is 56.4 Å². The highest BCUT2D eigenvalue weighted by atomic mass is 127. The number of rotatable bonds is 1. The van der Waals surface area contributed by atoms with Crippen molar-refractivity contribution in [2.24, 2.45) is 0 Å². The molecule has 11 heavy (non-hydrogen) atoms. The molecule has 1 aromatic carbocycles. The Morgan fingerprint density at radius 3 is 2.73 bits per heavy atom. The fraction of sp³-hybridized carbons (Fsp3) is 0. The van der Waals surface area contributed by atoms with E-state index in [2.05, 4.69) is 38.5 Å². The van der Waals surface area contributed by atoms with Gasteiger partial charge in [-0.3, -0.25) is 4.79 Å². The molecule has 0 aliphatic rings. The van der Waals surface area contributed by atoms with Crippen LogP contribution < -0.4 is 0 Å². The zero-order valence-corrected chi connectivity index (χ0v) is 9.77. The van der Waals surface area contributed by atoms with Gasteiger partial charge in [-0.1, -0.05) is 11.6 Å². The van der Waals surface area contributed by atoms with E-state index in [-0.39, 0.29) is 0 Å². The summed E-state index contributed by atoms with van der Waals surface area (Å²) >= 11 is 11.2. The Kier molecular flexibility index (Phi) is 3.33. The van der Waals surface area contributed by atoms with E-state index in [1.54, 1.807) is 12.1 Å². The Morgan fingerprint density at radius 1 is 1.55 bits per heavy atom. The second kappa shape index (κ2) is 3.87. The van der Waals surface area contributed by atoms with Crippen molar-refractivity contribution < 1.29 is 4.79 Å². The van der Waals surface area contributed by atoms with Crippen LogP contribution in [0, 0.1) is 3.57 Å². The zero-order valence-electron chi connectivity index (χ0n) is 5.27. The van der Waals surface area contributed by atoms with Crippen molar-refractivity contribution in [3.63, 3.8) is 0 Å². The van der Waals surface area contributed by atoms with E-state index in [4.69, 9.17) is 11.6 Å². The van der Waals surface area contributed by atoms with Crippen LogP contribution in [-0.4, -0.2) is 6.29 Å². The Balaban J connectivity index is 3.31. The van der Waals surface area contributed by atoms with Crippen LogP contribution in [0.4, 0.5) is 0 Å². The average Bonchev–Trinajstić information content (AvgIpc) is 1.97. The Labute approximate surface area is 91.4 Å². The maximum atomic E-state index is 10.4. The molecular formula is C7H3BrClIO. The summed E-state index contributed by atoms with van der Waals surface area (Å²) in [5.74, 6) is 0. The normalized spacial score (nSPS) is 9.73. The summed E-state index contributed by atoms with van der Waals surface area (Å²) in [5.41, 5.74) is 0.527. The first-order valence-electron chi connectivity index (χ1n) is 2.75. The lowest BCUT2D eigenvalue weighted by atomic mass is 10.2. The molecule has 0 saturated carbocycles.